The highest BCUT2D eigenvalue weighted by atomic mass is 16.5. The first-order chi connectivity index (χ1) is 13.1. The highest BCUT2D eigenvalue weighted by Gasteiger charge is 2.29. The number of carbonyl (C=O) groups excluding carboxylic acids is 2. The van der Waals surface area contributed by atoms with Crippen LogP contribution in [0.25, 0.3) is 21.8 Å². The number of esters is 1. The minimum Gasteiger partial charge on any atom is -0.467 e. The first kappa shape index (κ1) is 18.3. The summed E-state index contributed by atoms with van der Waals surface area (Å²) >= 11 is 0. The van der Waals surface area contributed by atoms with Crippen LogP contribution in [0.1, 0.15) is 23.7 Å². The number of para-hydroxylation sites is 2. The van der Waals surface area contributed by atoms with Crippen molar-refractivity contribution in [2.75, 3.05) is 7.11 Å². The summed E-state index contributed by atoms with van der Waals surface area (Å²) in [7, 11) is 1.26. The van der Waals surface area contributed by atoms with Crippen LogP contribution in [0.15, 0.2) is 48.5 Å². The van der Waals surface area contributed by atoms with Crippen LogP contribution in [-0.2, 0) is 9.53 Å². The Morgan fingerprint density at radius 2 is 1.67 bits per heavy atom. The molecule has 3 aromatic rings. The van der Waals surface area contributed by atoms with Gasteiger partial charge in [-0.1, -0.05) is 43.3 Å². The number of fused-ring (bicyclic) bond motifs is 2. The fourth-order valence-corrected chi connectivity index (χ4v) is 3.12. The summed E-state index contributed by atoms with van der Waals surface area (Å²) in [5.74, 6) is -1.36. The molecule has 136 valence electrons. The molecule has 1 amide bonds. The third-order valence-corrected chi connectivity index (χ3v) is 4.54. The fourth-order valence-electron chi connectivity index (χ4n) is 3.12. The molecule has 0 bridgehead atoms. The Balaban J connectivity index is 2.10. The van der Waals surface area contributed by atoms with Gasteiger partial charge in [0, 0.05) is 23.1 Å². The average Bonchev–Trinajstić information content (AvgIpc) is 2.69. The van der Waals surface area contributed by atoms with Gasteiger partial charge in [-0.15, -0.1) is 0 Å². The maximum absolute atomic E-state index is 13.2. The highest BCUT2D eigenvalue weighted by Crippen LogP contribution is 2.26. The zero-order valence-corrected chi connectivity index (χ0v) is 15.1. The zero-order chi connectivity index (χ0) is 19.4. The molecule has 0 unspecified atom stereocenters. The number of ether oxygens (including phenoxy) is 1. The molecule has 2 atom stereocenters. The molecule has 6 nitrogen and oxygen atoms in total. The van der Waals surface area contributed by atoms with Gasteiger partial charge in [0.1, 0.15) is 6.04 Å². The van der Waals surface area contributed by atoms with E-state index in [9.17, 15) is 9.59 Å². The smallest absolute Gasteiger partial charge is 0.328 e. The molecule has 0 fully saturated rings. The van der Waals surface area contributed by atoms with E-state index in [1.165, 1.54) is 7.11 Å². The number of amides is 1. The van der Waals surface area contributed by atoms with Gasteiger partial charge in [-0.2, -0.15) is 5.26 Å². The molecule has 0 saturated heterocycles. The van der Waals surface area contributed by atoms with Gasteiger partial charge >= 0.3 is 5.97 Å². The summed E-state index contributed by atoms with van der Waals surface area (Å²) in [5.41, 5.74) is 1.84. The van der Waals surface area contributed by atoms with E-state index in [4.69, 9.17) is 10.00 Å². The molecular formula is C21H19N3O3. The molecule has 0 aliphatic heterocycles. The number of benzene rings is 2. The van der Waals surface area contributed by atoms with Gasteiger partial charge in [-0.05, 0) is 12.1 Å². The molecule has 0 spiro atoms. The van der Waals surface area contributed by atoms with Gasteiger partial charge in [0.25, 0.3) is 5.91 Å². The number of pyridine rings is 1. The van der Waals surface area contributed by atoms with Crippen LogP contribution in [0.4, 0.5) is 0 Å². The van der Waals surface area contributed by atoms with Gasteiger partial charge in [0.15, 0.2) is 0 Å². The van der Waals surface area contributed by atoms with E-state index < -0.39 is 17.9 Å². The van der Waals surface area contributed by atoms with E-state index in [1.54, 1.807) is 6.92 Å². The molecule has 0 aliphatic carbocycles. The second kappa shape index (κ2) is 7.83. The molecule has 27 heavy (non-hydrogen) atoms. The third-order valence-electron chi connectivity index (χ3n) is 4.54. The van der Waals surface area contributed by atoms with Crippen molar-refractivity contribution in [3.8, 4) is 6.07 Å². The van der Waals surface area contributed by atoms with Crippen LogP contribution < -0.4 is 5.32 Å². The summed E-state index contributed by atoms with van der Waals surface area (Å²) in [4.78, 5) is 29.9. The van der Waals surface area contributed by atoms with Crippen LogP contribution in [0.3, 0.4) is 0 Å². The number of rotatable bonds is 5. The molecule has 1 N–H and O–H groups in total. The Labute approximate surface area is 156 Å². The summed E-state index contributed by atoms with van der Waals surface area (Å²) in [6.07, 6.45) is 0.123. The van der Waals surface area contributed by atoms with E-state index >= 15 is 0 Å². The molecule has 0 radical (unpaired) electrons. The van der Waals surface area contributed by atoms with Gasteiger partial charge in [0.05, 0.1) is 29.8 Å². The number of hydrogen-bond acceptors (Lipinski definition) is 5. The number of carbonyl (C=O) groups is 2. The van der Waals surface area contributed by atoms with E-state index in [0.29, 0.717) is 27.4 Å². The lowest BCUT2D eigenvalue weighted by atomic mass is 9.97. The first-order valence-electron chi connectivity index (χ1n) is 8.60. The number of nitriles is 1. The molecule has 1 heterocycles. The second-order valence-corrected chi connectivity index (χ2v) is 6.33. The van der Waals surface area contributed by atoms with Gasteiger partial charge in [-0.3, -0.25) is 4.79 Å². The number of methoxy groups -OCH3 is 1. The lowest BCUT2D eigenvalue weighted by Gasteiger charge is -2.22. The summed E-state index contributed by atoms with van der Waals surface area (Å²) in [5, 5.41) is 13.1. The summed E-state index contributed by atoms with van der Waals surface area (Å²) in [6.45, 7) is 1.73. The number of nitrogens with zero attached hydrogens (tertiary/aromatic N) is 2. The predicted octanol–water partition coefficient (Wildman–Crippen LogP) is 3.21. The summed E-state index contributed by atoms with van der Waals surface area (Å²) < 4.78 is 4.82. The summed E-state index contributed by atoms with van der Waals surface area (Å²) in [6, 6.07) is 15.9. The standard InChI is InChI=1S/C21H19N3O3/c1-13(11-12-22)19(21(26)27-2)24-20(25)18-14-7-3-5-9-16(14)23-17-10-6-4-8-15(17)18/h3-10,13,19H,11H2,1-2H3,(H,24,25)/t13-,19-/m0/s1. The number of hydrogen-bond donors (Lipinski definition) is 1. The van der Waals surface area contributed by atoms with Crippen molar-refractivity contribution in [2.24, 2.45) is 5.92 Å². The van der Waals surface area contributed by atoms with Crippen molar-refractivity contribution in [3.63, 3.8) is 0 Å². The molecule has 6 heteroatoms. The molecule has 1 aromatic heterocycles. The third kappa shape index (κ3) is 3.58. The number of nitrogens with one attached hydrogen (secondary N) is 1. The Morgan fingerprint density at radius 3 is 2.19 bits per heavy atom. The van der Waals surface area contributed by atoms with Gasteiger partial charge in [-0.25, -0.2) is 9.78 Å². The normalized spacial score (nSPS) is 12.9. The largest absolute Gasteiger partial charge is 0.467 e. The lowest BCUT2D eigenvalue weighted by molar-refractivity contribution is -0.144. The molecule has 3 rings (SSSR count). The van der Waals surface area contributed by atoms with Crippen LogP contribution in [0, 0.1) is 17.2 Å². The van der Waals surface area contributed by atoms with Gasteiger partial charge in [0.2, 0.25) is 0 Å². The Kier molecular flexibility index (Phi) is 5.32. The minimum atomic E-state index is -0.909. The monoisotopic (exact) mass is 361 g/mol. The van der Waals surface area contributed by atoms with Crippen LogP contribution in [0.5, 0.6) is 0 Å². The number of aromatic nitrogens is 1. The minimum absolute atomic E-state index is 0.123. The second-order valence-electron chi connectivity index (χ2n) is 6.33. The maximum Gasteiger partial charge on any atom is 0.328 e. The van der Waals surface area contributed by atoms with E-state index in [0.717, 1.165) is 0 Å². The van der Waals surface area contributed by atoms with Crippen molar-refractivity contribution in [3.05, 3.63) is 54.1 Å². The quantitative estimate of drug-likeness (QED) is 0.556. The van der Waals surface area contributed by atoms with Crippen molar-refractivity contribution < 1.29 is 14.3 Å². The van der Waals surface area contributed by atoms with Crippen LogP contribution in [0.2, 0.25) is 0 Å². The topological polar surface area (TPSA) is 92.1 Å². The molecule has 0 saturated carbocycles. The van der Waals surface area contributed by atoms with E-state index in [-0.39, 0.29) is 12.3 Å². The fraction of sp³-hybridized carbons (Fsp3) is 0.238. The van der Waals surface area contributed by atoms with Crippen molar-refractivity contribution in [2.45, 2.75) is 19.4 Å². The van der Waals surface area contributed by atoms with Crippen molar-refractivity contribution in [1.29, 1.82) is 5.26 Å². The van der Waals surface area contributed by atoms with E-state index in [1.807, 2.05) is 54.6 Å². The molecule has 2 aromatic carbocycles. The maximum atomic E-state index is 13.2. The predicted molar refractivity (Wildman–Crippen MR) is 102 cm³/mol. The SMILES string of the molecule is COC(=O)[C@@H](NC(=O)c1c2ccccc2nc2ccccc12)[C@@H](C)CC#N. The van der Waals surface area contributed by atoms with Crippen LogP contribution >= 0.6 is 0 Å². The lowest BCUT2D eigenvalue weighted by Crippen LogP contribution is -2.45. The zero-order valence-electron chi connectivity index (χ0n) is 15.1. The first-order valence-corrected chi connectivity index (χ1v) is 8.60. The highest BCUT2D eigenvalue weighted by molar-refractivity contribution is 6.16. The Hall–Kier alpha value is -3.46. The Bertz CT molecular complexity index is 1000. The Morgan fingerprint density at radius 1 is 1.11 bits per heavy atom. The average molecular weight is 361 g/mol. The molecule has 0 aliphatic rings. The van der Waals surface area contributed by atoms with Crippen molar-refractivity contribution >= 4 is 33.7 Å². The molecular weight excluding hydrogens is 342 g/mol. The van der Waals surface area contributed by atoms with Crippen molar-refractivity contribution in [1.82, 2.24) is 10.3 Å². The van der Waals surface area contributed by atoms with Gasteiger partial charge < -0.3 is 10.1 Å². The van der Waals surface area contributed by atoms with E-state index in [2.05, 4.69) is 10.3 Å². The van der Waals surface area contributed by atoms with Crippen LogP contribution in [-0.4, -0.2) is 30.0 Å².